The van der Waals surface area contributed by atoms with Gasteiger partial charge in [-0.05, 0) is 28.8 Å². The molecule has 25 heavy (non-hydrogen) atoms. The number of rotatable bonds is 2. The summed E-state index contributed by atoms with van der Waals surface area (Å²) in [5, 5.41) is 0. The zero-order valence-electron chi connectivity index (χ0n) is 13.6. The minimum atomic E-state index is 0.868. The Labute approximate surface area is 158 Å². The molecule has 0 amide bonds. The molecule has 0 saturated heterocycles. The van der Waals surface area contributed by atoms with E-state index >= 15 is 0 Å². The number of thioether (sulfide) groups is 1. The summed E-state index contributed by atoms with van der Waals surface area (Å²) in [5.74, 6) is 0.869. The van der Waals surface area contributed by atoms with Crippen molar-refractivity contribution in [3.63, 3.8) is 0 Å². The fraction of sp³-hybridized carbons (Fsp3) is 0.0455. The van der Waals surface area contributed by atoms with Crippen LogP contribution in [0.2, 0.25) is 0 Å². The molecule has 122 valence electrons. The predicted molar refractivity (Wildman–Crippen MR) is 114 cm³/mol. The van der Waals surface area contributed by atoms with Crippen LogP contribution in [0.15, 0.2) is 78.9 Å². The molecule has 0 radical (unpaired) electrons. The summed E-state index contributed by atoms with van der Waals surface area (Å²) in [6.45, 7) is 0. The Hall–Kier alpha value is -2.36. The van der Waals surface area contributed by atoms with Gasteiger partial charge in [0.15, 0.2) is 0 Å². The van der Waals surface area contributed by atoms with Crippen molar-refractivity contribution in [2.45, 2.75) is 5.75 Å². The minimum absolute atomic E-state index is 0.868. The van der Waals surface area contributed by atoms with Crippen LogP contribution in [-0.4, -0.2) is 4.32 Å². The van der Waals surface area contributed by atoms with E-state index in [0.717, 1.165) is 21.4 Å². The third-order valence-electron chi connectivity index (χ3n) is 4.19. The van der Waals surface area contributed by atoms with E-state index in [4.69, 9.17) is 12.2 Å². The summed E-state index contributed by atoms with van der Waals surface area (Å²) in [4.78, 5) is 2.20. The third-order valence-corrected chi connectivity index (χ3v) is 5.63. The maximum Gasteiger partial charge on any atom is 0.145 e. The summed E-state index contributed by atoms with van der Waals surface area (Å²) < 4.78 is 0.868. The molecule has 0 aliphatic carbocycles. The standard InChI is InChI=1S/C22H17NS2/c24-22(25-16-17-8-2-1-3-9-17)23-20-12-6-4-10-18(20)14-15-19-11-5-7-13-21(19)23/h1-15H,16H2. The van der Waals surface area contributed by atoms with E-state index in [1.807, 2.05) is 6.07 Å². The molecule has 1 aliphatic rings. The second-order valence-corrected chi connectivity index (χ2v) is 7.44. The Bertz CT molecular complexity index is 882. The number of thiocarbonyl (C=S) groups is 1. The quantitative estimate of drug-likeness (QED) is 0.479. The molecule has 0 spiro atoms. The van der Waals surface area contributed by atoms with Crippen LogP contribution in [0.1, 0.15) is 16.7 Å². The second kappa shape index (κ2) is 7.26. The summed E-state index contributed by atoms with van der Waals surface area (Å²) in [7, 11) is 0. The average molecular weight is 360 g/mol. The van der Waals surface area contributed by atoms with Gasteiger partial charge in [-0.15, -0.1) is 0 Å². The summed E-state index contributed by atoms with van der Waals surface area (Å²) >= 11 is 7.55. The maximum atomic E-state index is 5.85. The summed E-state index contributed by atoms with van der Waals surface area (Å²) in [5.41, 5.74) is 5.91. The molecule has 1 heterocycles. The minimum Gasteiger partial charge on any atom is -0.295 e. The fourth-order valence-electron chi connectivity index (χ4n) is 2.95. The molecule has 1 aliphatic heterocycles. The molecule has 3 aromatic rings. The van der Waals surface area contributed by atoms with Crippen molar-refractivity contribution in [2.24, 2.45) is 0 Å². The van der Waals surface area contributed by atoms with Crippen LogP contribution in [0.5, 0.6) is 0 Å². The van der Waals surface area contributed by atoms with Gasteiger partial charge >= 0.3 is 0 Å². The average Bonchev–Trinajstić information content (AvgIpc) is 2.84. The van der Waals surface area contributed by atoms with Gasteiger partial charge in [-0.1, -0.05) is 103 Å². The van der Waals surface area contributed by atoms with Gasteiger partial charge in [0.25, 0.3) is 0 Å². The number of para-hydroxylation sites is 2. The Morgan fingerprint density at radius 1 is 0.720 bits per heavy atom. The molecule has 4 rings (SSSR count). The van der Waals surface area contributed by atoms with Crippen LogP contribution < -0.4 is 4.90 Å². The molecule has 3 heteroatoms. The van der Waals surface area contributed by atoms with Crippen LogP contribution >= 0.6 is 24.0 Å². The lowest BCUT2D eigenvalue weighted by molar-refractivity contribution is 1.37. The van der Waals surface area contributed by atoms with Gasteiger partial charge in [-0.2, -0.15) is 0 Å². The molecular weight excluding hydrogens is 342 g/mol. The van der Waals surface area contributed by atoms with Crippen molar-refractivity contribution >= 4 is 51.8 Å². The van der Waals surface area contributed by atoms with Crippen LogP contribution in [0.3, 0.4) is 0 Å². The molecule has 0 N–H and O–H groups in total. The van der Waals surface area contributed by atoms with Crippen LogP contribution in [-0.2, 0) is 5.75 Å². The third kappa shape index (κ3) is 3.39. The van der Waals surface area contributed by atoms with Gasteiger partial charge in [0.2, 0.25) is 0 Å². The largest absolute Gasteiger partial charge is 0.295 e. The number of hydrogen-bond acceptors (Lipinski definition) is 2. The predicted octanol–water partition coefficient (Wildman–Crippen LogP) is 6.53. The maximum absolute atomic E-state index is 5.85. The van der Waals surface area contributed by atoms with E-state index in [0.29, 0.717) is 0 Å². The zero-order chi connectivity index (χ0) is 17.1. The van der Waals surface area contributed by atoms with Gasteiger partial charge in [-0.3, -0.25) is 4.90 Å². The number of fused-ring (bicyclic) bond motifs is 2. The van der Waals surface area contributed by atoms with E-state index in [-0.39, 0.29) is 0 Å². The van der Waals surface area contributed by atoms with Gasteiger partial charge < -0.3 is 0 Å². The molecule has 0 atom stereocenters. The first-order valence-electron chi connectivity index (χ1n) is 8.20. The number of hydrogen-bond donors (Lipinski definition) is 0. The number of benzene rings is 3. The smallest absolute Gasteiger partial charge is 0.145 e. The highest BCUT2D eigenvalue weighted by atomic mass is 32.2. The summed E-state index contributed by atoms with van der Waals surface area (Å²) in [6.07, 6.45) is 4.33. The van der Waals surface area contributed by atoms with Gasteiger partial charge in [0, 0.05) is 5.75 Å². The highest BCUT2D eigenvalue weighted by molar-refractivity contribution is 8.22. The van der Waals surface area contributed by atoms with Crippen molar-refractivity contribution in [1.29, 1.82) is 0 Å². The van der Waals surface area contributed by atoms with Crippen molar-refractivity contribution in [1.82, 2.24) is 0 Å². The molecular formula is C22H17NS2. The Morgan fingerprint density at radius 3 is 1.84 bits per heavy atom. The Kier molecular flexibility index (Phi) is 4.68. The van der Waals surface area contributed by atoms with Gasteiger partial charge in [0.05, 0.1) is 11.4 Å². The highest BCUT2D eigenvalue weighted by Crippen LogP contribution is 2.38. The SMILES string of the molecule is S=C(SCc1ccccc1)N1c2ccccc2C=Cc2ccccc21. The van der Waals surface area contributed by atoms with Crippen LogP contribution in [0.25, 0.3) is 12.2 Å². The molecule has 0 bridgehead atoms. The monoisotopic (exact) mass is 359 g/mol. The number of nitrogens with zero attached hydrogens (tertiary/aromatic N) is 1. The van der Waals surface area contributed by atoms with E-state index in [2.05, 4.69) is 89.8 Å². The fourth-order valence-corrected chi connectivity index (χ4v) is 4.14. The molecule has 0 saturated carbocycles. The van der Waals surface area contributed by atoms with Gasteiger partial charge in [-0.25, -0.2) is 0 Å². The van der Waals surface area contributed by atoms with Crippen molar-refractivity contribution in [3.05, 3.63) is 95.6 Å². The molecule has 0 fully saturated rings. The Balaban J connectivity index is 1.70. The molecule has 3 aromatic carbocycles. The van der Waals surface area contributed by atoms with Crippen LogP contribution in [0.4, 0.5) is 11.4 Å². The topological polar surface area (TPSA) is 3.24 Å². The van der Waals surface area contributed by atoms with Crippen molar-refractivity contribution < 1.29 is 0 Å². The van der Waals surface area contributed by atoms with Crippen molar-refractivity contribution in [3.8, 4) is 0 Å². The van der Waals surface area contributed by atoms with E-state index in [9.17, 15) is 0 Å². The first-order valence-corrected chi connectivity index (χ1v) is 9.59. The van der Waals surface area contributed by atoms with Crippen molar-refractivity contribution in [2.75, 3.05) is 4.90 Å². The van der Waals surface area contributed by atoms with E-state index in [1.54, 1.807) is 11.8 Å². The van der Waals surface area contributed by atoms with Gasteiger partial charge in [0.1, 0.15) is 4.32 Å². The highest BCUT2D eigenvalue weighted by Gasteiger charge is 2.21. The molecule has 1 nitrogen and oxygen atoms in total. The van der Waals surface area contributed by atoms with E-state index < -0.39 is 0 Å². The number of anilines is 2. The molecule has 0 aromatic heterocycles. The lowest BCUT2D eigenvalue weighted by Gasteiger charge is -2.26. The first kappa shape index (κ1) is 16.1. The lowest BCUT2D eigenvalue weighted by atomic mass is 10.1. The zero-order valence-corrected chi connectivity index (χ0v) is 15.3. The summed E-state index contributed by atoms with van der Waals surface area (Å²) in [6, 6.07) is 27.3. The van der Waals surface area contributed by atoms with Crippen LogP contribution in [0, 0.1) is 0 Å². The normalized spacial score (nSPS) is 12.2. The molecule has 0 unspecified atom stereocenters. The second-order valence-electron chi connectivity index (χ2n) is 5.83. The first-order chi connectivity index (χ1) is 12.3. The Morgan fingerprint density at radius 2 is 1.24 bits per heavy atom. The lowest BCUT2D eigenvalue weighted by Crippen LogP contribution is -2.22. The van der Waals surface area contributed by atoms with E-state index in [1.165, 1.54) is 16.7 Å².